The molecular formula is C18H16F2N4O3. The first-order chi connectivity index (χ1) is 12.8. The maximum absolute atomic E-state index is 13.9. The van der Waals surface area contributed by atoms with E-state index in [4.69, 9.17) is 0 Å². The number of carbonyl (C=O) groups excluding carboxylic acids is 1. The maximum Gasteiger partial charge on any atom is 0.332 e. The van der Waals surface area contributed by atoms with Crippen LogP contribution in [-0.4, -0.2) is 20.0 Å². The average molecular weight is 374 g/mol. The van der Waals surface area contributed by atoms with Gasteiger partial charge < -0.3 is 5.32 Å². The number of hydrogen-bond acceptors (Lipinski definition) is 4. The minimum atomic E-state index is -1.04. The number of aromatic nitrogens is 3. The summed E-state index contributed by atoms with van der Waals surface area (Å²) in [6.45, 7) is 1.77. The number of nitrogens with zero attached hydrogens (tertiary/aromatic N) is 3. The molecule has 0 aliphatic rings. The molecule has 0 atom stereocenters. The SMILES string of the molecule is CCc1cnc2c(c1NC(=O)c1c(F)cccc1F)c(=O)n(C)c(=O)n2C. The zero-order chi connectivity index (χ0) is 19.9. The number of halogens is 2. The van der Waals surface area contributed by atoms with Gasteiger partial charge in [-0.1, -0.05) is 13.0 Å². The molecule has 0 bridgehead atoms. The molecule has 3 rings (SSSR count). The topological polar surface area (TPSA) is 86.0 Å². The van der Waals surface area contributed by atoms with Crippen LogP contribution >= 0.6 is 0 Å². The van der Waals surface area contributed by atoms with Crippen LogP contribution in [0.2, 0.25) is 0 Å². The van der Waals surface area contributed by atoms with Crippen LogP contribution in [0.15, 0.2) is 34.0 Å². The number of rotatable bonds is 3. The third-order valence-electron chi connectivity index (χ3n) is 4.36. The minimum absolute atomic E-state index is 0.0101. The lowest BCUT2D eigenvalue weighted by Gasteiger charge is -2.15. The van der Waals surface area contributed by atoms with Crippen LogP contribution in [0, 0.1) is 11.6 Å². The van der Waals surface area contributed by atoms with Crippen molar-refractivity contribution < 1.29 is 13.6 Å². The molecule has 1 N–H and O–H groups in total. The smallest absolute Gasteiger partial charge is 0.321 e. The Labute approximate surface area is 151 Å². The predicted molar refractivity (Wildman–Crippen MR) is 95.9 cm³/mol. The highest BCUT2D eigenvalue weighted by Gasteiger charge is 2.22. The Bertz CT molecular complexity index is 1180. The van der Waals surface area contributed by atoms with E-state index in [0.29, 0.717) is 12.0 Å². The highest BCUT2D eigenvalue weighted by atomic mass is 19.1. The largest absolute Gasteiger partial charge is 0.332 e. The number of pyridine rings is 1. The van der Waals surface area contributed by atoms with Crippen LogP contribution in [-0.2, 0) is 20.5 Å². The molecule has 0 aliphatic carbocycles. The Kier molecular flexibility index (Phi) is 4.61. The molecule has 7 nitrogen and oxygen atoms in total. The first-order valence-electron chi connectivity index (χ1n) is 8.10. The molecule has 2 aromatic heterocycles. The Balaban J connectivity index is 2.29. The zero-order valence-corrected chi connectivity index (χ0v) is 14.8. The van der Waals surface area contributed by atoms with Gasteiger partial charge in [0.2, 0.25) is 0 Å². The van der Waals surface area contributed by atoms with Gasteiger partial charge in [-0.25, -0.2) is 18.6 Å². The van der Waals surface area contributed by atoms with E-state index in [2.05, 4.69) is 10.3 Å². The Morgan fingerprint density at radius 2 is 1.78 bits per heavy atom. The quantitative estimate of drug-likeness (QED) is 0.757. The van der Waals surface area contributed by atoms with Gasteiger partial charge in [-0.2, -0.15) is 0 Å². The fourth-order valence-electron chi connectivity index (χ4n) is 2.87. The van der Waals surface area contributed by atoms with Gasteiger partial charge in [0.25, 0.3) is 11.5 Å². The molecule has 0 fully saturated rings. The molecule has 9 heteroatoms. The van der Waals surface area contributed by atoms with Gasteiger partial charge in [-0.3, -0.25) is 18.7 Å². The Morgan fingerprint density at radius 3 is 2.37 bits per heavy atom. The minimum Gasteiger partial charge on any atom is -0.321 e. The number of aryl methyl sites for hydroxylation is 2. The molecule has 0 saturated heterocycles. The van der Waals surface area contributed by atoms with Gasteiger partial charge in [-0.15, -0.1) is 0 Å². The van der Waals surface area contributed by atoms with Crippen molar-refractivity contribution in [3.8, 4) is 0 Å². The van der Waals surface area contributed by atoms with E-state index >= 15 is 0 Å². The first kappa shape index (κ1) is 18.4. The van der Waals surface area contributed by atoms with Crippen molar-refractivity contribution in [3.63, 3.8) is 0 Å². The lowest BCUT2D eigenvalue weighted by Crippen LogP contribution is -2.38. The van der Waals surface area contributed by atoms with Gasteiger partial charge in [0.1, 0.15) is 22.6 Å². The van der Waals surface area contributed by atoms with Crippen LogP contribution in [0.1, 0.15) is 22.8 Å². The molecular weight excluding hydrogens is 358 g/mol. The van der Waals surface area contributed by atoms with Crippen molar-refractivity contribution in [1.29, 1.82) is 0 Å². The van der Waals surface area contributed by atoms with Crippen molar-refractivity contribution in [2.24, 2.45) is 14.1 Å². The third-order valence-corrected chi connectivity index (χ3v) is 4.36. The van der Waals surface area contributed by atoms with Crippen molar-refractivity contribution in [1.82, 2.24) is 14.1 Å². The van der Waals surface area contributed by atoms with Gasteiger partial charge in [0.15, 0.2) is 5.65 Å². The summed E-state index contributed by atoms with van der Waals surface area (Å²) in [6, 6.07) is 3.07. The van der Waals surface area contributed by atoms with Crippen LogP contribution in [0.5, 0.6) is 0 Å². The molecule has 1 amide bonds. The summed E-state index contributed by atoms with van der Waals surface area (Å²) in [5.41, 5.74) is -1.38. The monoisotopic (exact) mass is 374 g/mol. The van der Waals surface area contributed by atoms with E-state index in [0.717, 1.165) is 27.3 Å². The Hall–Kier alpha value is -3.36. The molecule has 140 valence electrons. The number of nitrogens with one attached hydrogen (secondary N) is 1. The summed E-state index contributed by atoms with van der Waals surface area (Å²) in [7, 11) is 2.73. The second-order valence-electron chi connectivity index (χ2n) is 5.97. The molecule has 0 aliphatic heterocycles. The number of benzene rings is 1. The van der Waals surface area contributed by atoms with Crippen molar-refractivity contribution in [2.45, 2.75) is 13.3 Å². The molecule has 0 spiro atoms. The predicted octanol–water partition coefficient (Wildman–Crippen LogP) is 1.73. The lowest BCUT2D eigenvalue weighted by molar-refractivity contribution is 0.101. The zero-order valence-electron chi connectivity index (χ0n) is 14.8. The average Bonchev–Trinajstić information content (AvgIpc) is 2.64. The number of hydrogen-bond donors (Lipinski definition) is 1. The van der Waals surface area contributed by atoms with Gasteiger partial charge in [0.05, 0.1) is 5.69 Å². The molecule has 0 radical (unpaired) electrons. The highest BCUT2D eigenvalue weighted by molar-refractivity contribution is 6.09. The molecule has 3 aromatic rings. The van der Waals surface area contributed by atoms with Crippen molar-refractivity contribution in [3.05, 3.63) is 68.0 Å². The van der Waals surface area contributed by atoms with Crippen LogP contribution in [0.3, 0.4) is 0 Å². The van der Waals surface area contributed by atoms with E-state index in [-0.39, 0.29) is 16.7 Å². The first-order valence-corrected chi connectivity index (χ1v) is 8.10. The number of amides is 1. The summed E-state index contributed by atoms with van der Waals surface area (Å²) in [6.07, 6.45) is 1.80. The fraction of sp³-hybridized carbons (Fsp3) is 0.222. The Morgan fingerprint density at radius 1 is 1.15 bits per heavy atom. The van der Waals surface area contributed by atoms with Crippen LogP contribution in [0.4, 0.5) is 14.5 Å². The number of carbonyl (C=O) groups is 1. The van der Waals surface area contributed by atoms with Crippen LogP contribution in [0.25, 0.3) is 11.0 Å². The number of anilines is 1. The van der Waals surface area contributed by atoms with Crippen molar-refractivity contribution in [2.75, 3.05) is 5.32 Å². The summed E-state index contributed by atoms with van der Waals surface area (Å²) < 4.78 is 29.9. The second-order valence-corrected chi connectivity index (χ2v) is 5.97. The van der Waals surface area contributed by atoms with Gasteiger partial charge >= 0.3 is 5.69 Å². The molecule has 0 saturated carbocycles. The standard InChI is InChI=1S/C18H16F2N4O3/c1-4-9-8-21-15-13(17(26)24(3)18(27)23(15)2)14(9)22-16(25)12-10(19)6-5-7-11(12)20/h5-8H,4H2,1-3H3,(H,21,22,25). The summed E-state index contributed by atoms with van der Waals surface area (Å²) >= 11 is 0. The van der Waals surface area contributed by atoms with E-state index < -0.39 is 34.4 Å². The van der Waals surface area contributed by atoms with E-state index in [1.54, 1.807) is 6.92 Å². The van der Waals surface area contributed by atoms with E-state index in [1.807, 2.05) is 0 Å². The molecule has 27 heavy (non-hydrogen) atoms. The van der Waals surface area contributed by atoms with Gasteiger partial charge in [0, 0.05) is 20.3 Å². The normalized spacial score (nSPS) is 11.0. The third kappa shape index (κ3) is 2.90. The maximum atomic E-state index is 13.9. The van der Waals surface area contributed by atoms with Crippen LogP contribution < -0.4 is 16.6 Å². The summed E-state index contributed by atoms with van der Waals surface area (Å²) in [5, 5.41) is 2.42. The van der Waals surface area contributed by atoms with E-state index in [9.17, 15) is 23.2 Å². The van der Waals surface area contributed by atoms with Gasteiger partial charge in [-0.05, 0) is 24.1 Å². The van der Waals surface area contributed by atoms with Crippen molar-refractivity contribution >= 4 is 22.6 Å². The fourth-order valence-corrected chi connectivity index (χ4v) is 2.87. The second kappa shape index (κ2) is 6.75. The lowest BCUT2D eigenvalue weighted by atomic mass is 10.1. The molecule has 1 aromatic carbocycles. The summed E-state index contributed by atoms with van der Waals surface area (Å²) in [5.74, 6) is -3.09. The summed E-state index contributed by atoms with van der Waals surface area (Å²) in [4.78, 5) is 41.4. The molecule has 0 unspecified atom stereocenters. The molecule has 2 heterocycles. The number of fused-ring (bicyclic) bond motifs is 1. The highest BCUT2D eigenvalue weighted by Crippen LogP contribution is 2.24. The van der Waals surface area contributed by atoms with E-state index in [1.165, 1.54) is 20.3 Å².